The number of amides is 3. The number of piperidine rings is 1. The van der Waals surface area contributed by atoms with E-state index in [9.17, 15) is 27.4 Å². The molecule has 13 heteroatoms. The number of rotatable bonds is 6. The molecule has 149 valence electrons. The molecule has 3 atom stereocenters. The Kier molecular flexibility index (Phi) is 6.03. The second-order valence-electron chi connectivity index (χ2n) is 6.95. The number of hydrogen-bond donors (Lipinski definition) is 1. The largest absolute Gasteiger partial charge is 0.724 e. The predicted octanol–water partition coefficient (Wildman–Crippen LogP) is -1.57. The SMILES string of the molecule is O=C[B]N1CCC[C@@H](NC(=O)[C@@H]2CC[C@@H]3CN2C(=O)N3OS(=O)(=O)[O-])CC1. The van der Waals surface area contributed by atoms with Gasteiger partial charge >= 0.3 is 6.03 Å². The molecule has 0 unspecified atom stereocenters. The molecule has 3 aliphatic heterocycles. The molecule has 0 aliphatic carbocycles. The highest BCUT2D eigenvalue weighted by atomic mass is 32.3. The second-order valence-corrected chi connectivity index (χ2v) is 7.91. The van der Waals surface area contributed by atoms with E-state index in [2.05, 4.69) is 9.60 Å². The van der Waals surface area contributed by atoms with E-state index < -0.39 is 28.5 Å². The molecule has 11 nitrogen and oxygen atoms in total. The van der Waals surface area contributed by atoms with Crippen molar-refractivity contribution in [3.8, 4) is 0 Å². The van der Waals surface area contributed by atoms with E-state index in [1.165, 1.54) is 12.3 Å². The van der Waals surface area contributed by atoms with Crippen LogP contribution in [0.25, 0.3) is 0 Å². The first kappa shape index (κ1) is 20.0. The molecule has 0 aromatic heterocycles. The van der Waals surface area contributed by atoms with E-state index in [1.807, 2.05) is 4.81 Å². The fourth-order valence-electron chi connectivity index (χ4n) is 3.90. The van der Waals surface area contributed by atoms with E-state index in [-0.39, 0.29) is 18.5 Å². The van der Waals surface area contributed by atoms with Gasteiger partial charge < -0.3 is 24.4 Å². The van der Waals surface area contributed by atoms with Crippen molar-refractivity contribution in [1.29, 1.82) is 0 Å². The molecule has 0 saturated carbocycles. The van der Waals surface area contributed by atoms with Crippen molar-refractivity contribution in [2.75, 3.05) is 19.6 Å². The Morgan fingerprint density at radius 2 is 2.04 bits per heavy atom. The molecule has 3 rings (SSSR count). The van der Waals surface area contributed by atoms with Crippen LogP contribution >= 0.6 is 0 Å². The quantitative estimate of drug-likeness (QED) is 0.244. The molecule has 0 aromatic carbocycles. The molecule has 0 aromatic rings. The molecular formula is C14H21BN4O7S-. The third kappa shape index (κ3) is 4.78. The van der Waals surface area contributed by atoms with Gasteiger partial charge in [-0.1, -0.05) is 0 Å². The van der Waals surface area contributed by atoms with Crippen LogP contribution in [0.5, 0.6) is 0 Å². The van der Waals surface area contributed by atoms with Crippen LogP contribution in [0.2, 0.25) is 0 Å². The number of fused-ring (bicyclic) bond motifs is 2. The minimum atomic E-state index is -5.06. The standard InChI is InChI=1S/C14H22BN4O7S/c20-9-15-17-6-1-2-10(5-7-17)16-13(21)12-4-3-11-8-18(12)14(22)19(11)26-27(23,24)25/h9-12H,1-8H2,(H,16,21)(H,23,24,25)/p-1/t10-,11-,12+/m1/s1. The number of carbonyl (C=O) groups excluding carboxylic acids is 3. The molecule has 1 radical (unpaired) electrons. The van der Waals surface area contributed by atoms with Gasteiger partial charge in [0.1, 0.15) is 6.04 Å². The summed E-state index contributed by atoms with van der Waals surface area (Å²) in [6.45, 7) is 1.54. The van der Waals surface area contributed by atoms with Gasteiger partial charge in [0.15, 0.2) is 0 Å². The average molecular weight is 400 g/mol. The minimum Gasteiger partial charge on any atom is -0.724 e. The first-order chi connectivity index (χ1) is 12.8. The van der Waals surface area contributed by atoms with Crippen molar-refractivity contribution in [2.24, 2.45) is 0 Å². The summed E-state index contributed by atoms with van der Waals surface area (Å²) in [7, 11) is -3.57. The number of hydrogen-bond acceptors (Lipinski definition) is 8. The van der Waals surface area contributed by atoms with Crippen LogP contribution in [-0.2, 0) is 24.3 Å². The van der Waals surface area contributed by atoms with Crippen LogP contribution in [0.15, 0.2) is 0 Å². The third-order valence-electron chi connectivity index (χ3n) is 5.18. The van der Waals surface area contributed by atoms with Crippen molar-refractivity contribution in [3.05, 3.63) is 0 Å². The van der Waals surface area contributed by atoms with E-state index in [0.29, 0.717) is 30.9 Å². The van der Waals surface area contributed by atoms with Crippen LogP contribution in [0.3, 0.4) is 0 Å². The average Bonchev–Trinajstić information content (AvgIpc) is 2.76. The van der Waals surface area contributed by atoms with Gasteiger partial charge in [0.25, 0.3) is 7.41 Å². The topological polar surface area (TPSA) is 139 Å². The zero-order valence-corrected chi connectivity index (χ0v) is 15.5. The number of nitrogens with zero attached hydrogens (tertiary/aromatic N) is 3. The Balaban J connectivity index is 1.58. The van der Waals surface area contributed by atoms with Crippen LogP contribution in [-0.4, -0.2) is 91.0 Å². The number of hydroxylamine groups is 2. The zero-order valence-electron chi connectivity index (χ0n) is 14.7. The molecule has 3 aliphatic rings. The van der Waals surface area contributed by atoms with Gasteiger partial charge in [0.2, 0.25) is 16.3 Å². The molecule has 3 amide bonds. The maximum absolute atomic E-state index is 12.7. The molecule has 2 bridgehead atoms. The summed E-state index contributed by atoms with van der Waals surface area (Å²) in [6, 6.07) is -2.13. The lowest BCUT2D eigenvalue weighted by atomic mass is 9.94. The van der Waals surface area contributed by atoms with Gasteiger partial charge in [-0.3, -0.25) is 4.79 Å². The molecule has 1 N–H and O–H groups in total. The van der Waals surface area contributed by atoms with Crippen LogP contribution in [0.4, 0.5) is 4.79 Å². The van der Waals surface area contributed by atoms with Crippen molar-refractivity contribution in [2.45, 2.75) is 50.2 Å². The normalized spacial score (nSPS) is 29.4. The molecule has 0 spiro atoms. The van der Waals surface area contributed by atoms with Crippen LogP contribution in [0, 0.1) is 0 Å². The summed E-state index contributed by atoms with van der Waals surface area (Å²) in [5.74, 6) is -0.300. The monoisotopic (exact) mass is 400 g/mol. The predicted molar refractivity (Wildman–Crippen MR) is 91.4 cm³/mol. The van der Waals surface area contributed by atoms with Crippen molar-refractivity contribution >= 4 is 35.9 Å². The van der Waals surface area contributed by atoms with Gasteiger partial charge in [-0.2, -0.15) is 9.35 Å². The second kappa shape index (κ2) is 8.13. The molecule has 3 heterocycles. The highest BCUT2D eigenvalue weighted by Crippen LogP contribution is 2.30. The number of nitrogens with one attached hydrogen (secondary N) is 1. The maximum atomic E-state index is 12.7. The van der Waals surface area contributed by atoms with E-state index >= 15 is 0 Å². The lowest BCUT2D eigenvalue weighted by Gasteiger charge is -2.30. The highest BCUT2D eigenvalue weighted by Gasteiger charge is 2.48. The fourth-order valence-corrected chi connectivity index (χ4v) is 4.28. The highest BCUT2D eigenvalue weighted by molar-refractivity contribution is 7.80. The van der Waals surface area contributed by atoms with Crippen LogP contribution in [0.1, 0.15) is 32.1 Å². The summed E-state index contributed by atoms with van der Waals surface area (Å²) < 4.78 is 36.7. The van der Waals surface area contributed by atoms with E-state index in [4.69, 9.17) is 0 Å². The van der Waals surface area contributed by atoms with E-state index in [1.54, 1.807) is 0 Å². The maximum Gasteiger partial charge on any atom is 0.346 e. The Morgan fingerprint density at radius 1 is 1.26 bits per heavy atom. The van der Waals surface area contributed by atoms with Gasteiger partial charge in [0.05, 0.1) is 12.2 Å². The summed E-state index contributed by atoms with van der Waals surface area (Å²) in [5.41, 5.74) is 0. The lowest BCUT2D eigenvalue weighted by molar-refractivity contribution is -0.126. The fraction of sp³-hybridized carbons (Fsp3) is 0.786. The molecular weight excluding hydrogens is 379 g/mol. The molecule has 27 heavy (non-hydrogen) atoms. The first-order valence-corrected chi connectivity index (χ1v) is 10.2. The van der Waals surface area contributed by atoms with Crippen LogP contribution < -0.4 is 5.32 Å². The Morgan fingerprint density at radius 3 is 2.74 bits per heavy atom. The van der Waals surface area contributed by atoms with Gasteiger partial charge in [0, 0.05) is 12.6 Å². The lowest BCUT2D eigenvalue weighted by Crippen LogP contribution is -2.52. The minimum absolute atomic E-state index is 0.0626. The summed E-state index contributed by atoms with van der Waals surface area (Å²) in [6.07, 6.45) is 3.74. The number of carbonyl (C=O) groups is 3. The van der Waals surface area contributed by atoms with Crippen molar-refractivity contribution in [1.82, 2.24) is 20.1 Å². The zero-order chi connectivity index (χ0) is 19.6. The summed E-state index contributed by atoms with van der Waals surface area (Å²) in [4.78, 5) is 38.8. The smallest absolute Gasteiger partial charge is 0.346 e. The molecule has 3 fully saturated rings. The first-order valence-electron chi connectivity index (χ1n) is 8.87. The Hall–Kier alpha value is -1.70. The van der Waals surface area contributed by atoms with Crippen molar-refractivity contribution < 1.29 is 31.6 Å². The van der Waals surface area contributed by atoms with E-state index in [0.717, 1.165) is 25.6 Å². The van der Waals surface area contributed by atoms with Gasteiger partial charge in [-0.05, 0) is 45.2 Å². The Bertz CT molecular complexity index is 706. The Labute approximate surface area is 158 Å². The summed E-state index contributed by atoms with van der Waals surface area (Å²) in [5, 5.41) is 3.52. The number of urea groups is 1. The van der Waals surface area contributed by atoms with Gasteiger partial charge in [-0.25, -0.2) is 13.2 Å². The summed E-state index contributed by atoms with van der Waals surface area (Å²) >= 11 is 0. The van der Waals surface area contributed by atoms with Crippen molar-refractivity contribution in [3.63, 3.8) is 0 Å². The third-order valence-corrected chi connectivity index (χ3v) is 5.52. The molecule has 3 saturated heterocycles. The van der Waals surface area contributed by atoms with Gasteiger partial charge in [-0.15, -0.1) is 0 Å².